The van der Waals surface area contributed by atoms with Crippen molar-refractivity contribution in [1.29, 1.82) is 0 Å². The van der Waals surface area contributed by atoms with Crippen molar-refractivity contribution in [2.75, 3.05) is 17.2 Å². The molecule has 0 fully saturated rings. The monoisotopic (exact) mass is 387 g/mol. The molecule has 0 aliphatic carbocycles. The quantitative estimate of drug-likeness (QED) is 0.618. The number of nitrogens with zero attached hydrogens (tertiary/aromatic N) is 3. The van der Waals surface area contributed by atoms with Gasteiger partial charge in [-0.1, -0.05) is 41.9 Å². The smallest absolute Gasteiger partial charge is 0.248 e. The second-order valence-corrected chi connectivity index (χ2v) is 6.18. The topological polar surface area (TPSA) is 64.0 Å². The van der Waals surface area contributed by atoms with Crippen LogP contribution in [-0.4, -0.2) is 26.5 Å². The van der Waals surface area contributed by atoms with Crippen LogP contribution in [0.3, 0.4) is 0 Å². The fraction of sp³-hybridized carbons (Fsp3) is 0.167. The van der Waals surface area contributed by atoms with Crippen LogP contribution in [0.1, 0.15) is 12.5 Å². The molecule has 0 atom stereocenters. The van der Waals surface area contributed by atoms with Gasteiger partial charge in [0.15, 0.2) is 5.11 Å². The fourth-order valence-corrected chi connectivity index (χ4v) is 2.73. The molecule has 0 saturated carbocycles. The van der Waals surface area contributed by atoms with Crippen LogP contribution in [0.2, 0.25) is 5.02 Å². The predicted octanol–water partition coefficient (Wildman–Crippen LogP) is 4.19. The van der Waals surface area contributed by atoms with E-state index in [1.807, 2.05) is 55.5 Å². The van der Waals surface area contributed by atoms with E-state index in [0.717, 1.165) is 17.0 Å². The maximum Gasteiger partial charge on any atom is 0.248 e. The number of benzene rings is 2. The predicted molar refractivity (Wildman–Crippen MR) is 108 cm³/mol. The van der Waals surface area contributed by atoms with Crippen LogP contribution in [0, 0.1) is 0 Å². The summed E-state index contributed by atoms with van der Waals surface area (Å²) in [7, 11) is 0. The average molecular weight is 388 g/mol. The van der Waals surface area contributed by atoms with Crippen LogP contribution in [0.4, 0.5) is 11.6 Å². The van der Waals surface area contributed by atoms with Crippen molar-refractivity contribution in [3.63, 3.8) is 0 Å². The number of halogens is 1. The third kappa shape index (κ3) is 4.71. The highest BCUT2D eigenvalue weighted by molar-refractivity contribution is 7.80. The van der Waals surface area contributed by atoms with Gasteiger partial charge in [0.05, 0.1) is 18.8 Å². The number of para-hydroxylation sites is 2. The highest BCUT2D eigenvalue weighted by Gasteiger charge is 2.08. The lowest BCUT2D eigenvalue weighted by Crippen LogP contribution is -2.20. The van der Waals surface area contributed by atoms with Crippen LogP contribution < -0.4 is 15.4 Å². The molecule has 1 heterocycles. The minimum absolute atomic E-state index is 0.382. The molecule has 0 unspecified atom stereocenters. The van der Waals surface area contributed by atoms with E-state index in [0.29, 0.717) is 29.2 Å². The molecule has 0 aliphatic heterocycles. The number of hydrogen-bond donors (Lipinski definition) is 2. The van der Waals surface area contributed by atoms with Crippen molar-refractivity contribution < 1.29 is 4.74 Å². The van der Waals surface area contributed by atoms with Crippen LogP contribution in [0.15, 0.2) is 54.9 Å². The molecular formula is C18H18ClN5OS. The first kappa shape index (κ1) is 18.2. The van der Waals surface area contributed by atoms with E-state index >= 15 is 0 Å². The summed E-state index contributed by atoms with van der Waals surface area (Å²) in [5.74, 6) is 1.14. The molecule has 0 radical (unpaired) electrons. The molecule has 6 nitrogen and oxygen atoms in total. The molecule has 0 spiro atoms. The maximum atomic E-state index is 6.18. The molecular weight excluding hydrogens is 370 g/mol. The van der Waals surface area contributed by atoms with E-state index < -0.39 is 0 Å². The largest absolute Gasteiger partial charge is 0.492 e. The Morgan fingerprint density at radius 2 is 1.92 bits per heavy atom. The van der Waals surface area contributed by atoms with E-state index in [-0.39, 0.29) is 0 Å². The van der Waals surface area contributed by atoms with Crippen LogP contribution in [0.5, 0.6) is 5.75 Å². The summed E-state index contributed by atoms with van der Waals surface area (Å²) in [5.41, 5.74) is 1.75. The van der Waals surface area contributed by atoms with E-state index in [2.05, 4.69) is 20.7 Å². The summed E-state index contributed by atoms with van der Waals surface area (Å²) in [4.78, 5) is 4.22. The number of hydrogen-bond acceptors (Lipinski definition) is 4. The first-order valence-electron chi connectivity index (χ1n) is 8.08. The van der Waals surface area contributed by atoms with Gasteiger partial charge in [-0.3, -0.25) is 5.32 Å². The summed E-state index contributed by atoms with van der Waals surface area (Å²) in [6.45, 7) is 3.04. The maximum absolute atomic E-state index is 6.18. The van der Waals surface area contributed by atoms with Crippen molar-refractivity contribution >= 4 is 40.6 Å². The zero-order valence-electron chi connectivity index (χ0n) is 14.1. The lowest BCUT2D eigenvalue weighted by molar-refractivity contribution is 0.342. The molecule has 2 aromatic carbocycles. The number of rotatable bonds is 6. The molecule has 0 saturated heterocycles. The summed E-state index contributed by atoms with van der Waals surface area (Å²) >= 11 is 11.5. The minimum atomic E-state index is 0.382. The van der Waals surface area contributed by atoms with Crippen LogP contribution in [-0.2, 0) is 6.54 Å². The lowest BCUT2D eigenvalue weighted by Gasteiger charge is -2.12. The molecule has 0 bridgehead atoms. The summed E-state index contributed by atoms with van der Waals surface area (Å²) in [5, 5.41) is 11.5. The second-order valence-electron chi connectivity index (χ2n) is 5.37. The van der Waals surface area contributed by atoms with Gasteiger partial charge in [-0.05, 0) is 42.9 Å². The van der Waals surface area contributed by atoms with E-state index in [9.17, 15) is 0 Å². The van der Waals surface area contributed by atoms with E-state index in [4.69, 9.17) is 28.6 Å². The number of anilines is 2. The SMILES string of the molecule is CCOc1ccccc1NC(=S)Nc1ncn(Cc2ccccc2Cl)n1. The Balaban J connectivity index is 1.62. The number of ether oxygens (including phenoxy) is 1. The van der Waals surface area contributed by atoms with E-state index in [1.54, 1.807) is 11.0 Å². The average Bonchev–Trinajstić information content (AvgIpc) is 3.06. The van der Waals surface area contributed by atoms with Gasteiger partial charge in [0, 0.05) is 5.02 Å². The number of aromatic nitrogens is 3. The Labute approximate surface area is 162 Å². The molecule has 1 aromatic heterocycles. The Morgan fingerprint density at radius 1 is 1.15 bits per heavy atom. The second kappa shape index (κ2) is 8.64. The van der Waals surface area contributed by atoms with E-state index in [1.165, 1.54) is 0 Å². The number of nitrogens with one attached hydrogen (secondary N) is 2. The van der Waals surface area contributed by atoms with Gasteiger partial charge < -0.3 is 10.1 Å². The summed E-state index contributed by atoms with van der Waals surface area (Å²) < 4.78 is 7.27. The van der Waals surface area contributed by atoms with Gasteiger partial charge in [-0.15, -0.1) is 5.10 Å². The number of thiocarbonyl (C=S) groups is 1. The first-order chi connectivity index (χ1) is 12.7. The molecule has 2 N–H and O–H groups in total. The molecule has 134 valence electrons. The normalized spacial score (nSPS) is 10.4. The molecule has 0 amide bonds. The Morgan fingerprint density at radius 3 is 2.73 bits per heavy atom. The zero-order valence-corrected chi connectivity index (χ0v) is 15.7. The fourth-order valence-electron chi connectivity index (χ4n) is 2.34. The molecule has 3 aromatic rings. The van der Waals surface area contributed by atoms with Crippen molar-refractivity contribution in [3.8, 4) is 5.75 Å². The third-order valence-electron chi connectivity index (χ3n) is 3.49. The molecule has 0 aliphatic rings. The lowest BCUT2D eigenvalue weighted by atomic mass is 10.2. The zero-order chi connectivity index (χ0) is 18.4. The minimum Gasteiger partial charge on any atom is -0.492 e. The Kier molecular flexibility index (Phi) is 6.04. The standard InChI is InChI=1S/C18H18ClN5OS/c1-2-25-16-10-6-5-9-15(16)21-18(26)22-17-20-12-24(23-17)11-13-7-3-4-8-14(13)19/h3-10,12H,2,11H2,1H3,(H2,21,22,23,26). The van der Waals surface area contributed by atoms with Crippen molar-refractivity contribution in [2.45, 2.75) is 13.5 Å². The molecule has 8 heteroatoms. The van der Waals surface area contributed by atoms with Gasteiger partial charge in [-0.2, -0.15) is 0 Å². The summed E-state index contributed by atoms with van der Waals surface area (Å²) in [6, 6.07) is 15.2. The van der Waals surface area contributed by atoms with Crippen LogP contribution >= 0.6 is 23.8 Å². The third-order valence-corrected chi connectivity index (χ3v) is 4.06. The highest BCUT2D eigenvalue weighted by Crippen LogP contribution is 2.23. The van der Waals surface area contributed by atoms with Gasteiger partial charge in [0.1, 0.15) is 12.1 Å². The van der Waals surface area contributed by atoms with Gasteiger partial charge in [-0.25, -0.2) is 9.67 Å². The van der Waals surface area contributed by atoms with Crippen molar-refractivity contribution in [1.82, 2.24) is 14.8 Å². The van der Waals surface area contributed by atoms with Gasteiger partial charge in [0.25, 0.3) is 0 Å². The summed E-state index contributed by atoms with van der Waals surface area (Å²) in [6.07, 6.45) is 1.63. The molecule has 3 rings (SSSR count). The highest BCUT2D eigenvalue weighted by atomic mass is 35.5. The Hall–Kier alpha value is -2.64. The molecule has 26 heavy (non-hydrogen) atoms. The first-order valence-corrected chi connectivity index (χ1v) is 8.87. The van der Waals surface area contributed by atoms with Gasteiger partial charge >= 0.3 is 0 Å². The van der Waals surface area contributed by atoms with Crippen molar-refractivity contribution in [2.24, 2.45) is 0 Å². The Bertz CT molecular complexity index is 899. The van der Waals surface area contributed by atoms with Gasteiger partial charge in [0.2, 0.25) is 5.95 Å². The van der Waals surface area contributed by atoms with Crippen molar-refractivity contribution in [3.05, 3.63) is 65.4 Å². The van der Waals surface area contributed by atoms with Crippen LogP contribution in [0.25, 0.3) is 0 Å².